The molecule has 8 heteroatoms. The third-order valence-electron chi connectivity index (χ3n) is 5.63. The van der Waals surface area contributed by atoms with Crippen LogP contribution < -0.4 is 16.2 Å². The highest BCUT2D eigenvalue weighted by atomic mass is 16.2. The molecule has 0 spiro atoms. The third-order valence-corrected chi connectivity index (χ3v) is 5.63. The van der Waals surface area contributed by atoms with Gasteiger partial charge in [0.2, 0.25) is 11.8 Å². The second kappa shape index (κ2) is 8.92. The lowest BCUT2D eigenvalue weighted by molar-refractivity contribution is -0.135. The summed E-state index contributed by atoms with van der Waals surface area (Å²) in [4.78, 5) is 44.1. The third kappa shape index (κ3) is 4.40. The van der Waals surface area contributed by atoms with Crippen molar-refractivity contribution in [2.24, 2.45) is 0 Å². The molecule has 1 fully saturated rings. The molecule has 1 unspecified atom stereocenters. The quantitative estimate of drug-likeness (QED) is 0.580. The van der Waals surface area contributed by atoms with Crippen LogP contribution in [0.4, 0.5) is 5.69 Å². The van der Waals surface area contributed by atoms with Crippen LogP contribution in [0.1, 0.15) is 35.8 Å². The molecule has 0 aliphatic carbocycles. The molecule has 2 heterocycles. The number of hydrogen-bond donors (Lipinski definition) is 2. The summed E-state index contributed by atoms with van der Waals surface area (Å²) in [5, 5.41) is 6.12. The zero-order chi connectivity index (χ0) is 22.8. The lowest BCUT2D eigenvalue weighted by atomic mass is 10.1. The maximum Gasteiger partial charge on any atom is 0.264 e. The summed E-state index contributed by atoms with van der Waals surface area (Å²) < 4.78 is 1.41. The fourth-order valence-corrected chi connectivity index (χ4v) is 4.12. The van der Waals surface area contributed by atoms with E-state index in [-0.39, 0.29) is 24.3 Å². The van der Waals surface area contributed by atoms with Crippen molar-refractivity contribution in [1.82, 2.24) is 19.8 Å². The molecule has 0 bridgehead atoms. The van der Waals surface area contributed by atoms with Crippen molar-refractivity contribution >= 4 is 28.4 Å². The fraction of sp³-hybridized carbons (Fsp3) is 0.333. The minimum Gasteiger partial charge on any atom is -0.380 e. The van der Waals surface area contributed by atoms with Gasteiger partial charge < -0.3 is 10.2 Å². The second-order valence-electron chi connectivity index (χ2n) is 8.41. The maximum absolute atomic E-state index is 13.5. The molecule has 1 atom stereocenters. The molecule has 1 saturated heterocycles. The van der Waals surface area contributed by atoms with E-state index in [1.807, 2.05) is 26.2 Å². The predicted octanol–water partition coefficient (Wildman–Crippen LogP) is 2.36. The highest BCUT2D eigenvalue weighted by molar-refractivity contribution is 5.99. The molecule has 0 saturated carbocycles. The number of carbonyl (C=O) groups excluding carboxylic acids is 2. The number of imide groups is 1. The van der Waals surface area contributed by atoms with Gasteiger partial charge in [0.15, 0.2) is 0 Å². The number of aromatic nitrogens is 2. The molecule has 2 N–H and O–H groups in total. The Morgan fingerprint density at radius 1 is 1.09 bits per heavy atom. The number of carbonyl (C=O) groups is 2. The fourth-order valence-electron chi connectivity index (χ4n) is 4.12. The Balaban J connectivity index is 1.65. The van der Waals surface area contributed by atoms with Crippen LogP contribution in [0.2, 0.25) is 0 Å². The average molecular weight is 434 g/mol. The molecule has 166 valence electrons. The monoisotopic (exact) mass is 433 g/mol. The number of anilines is 1. The molecule has 2 aromatic carbocycles. The number of fused-ring (bicyclic) bond motifs is 1. The summed E-state index contributed by atoms with van der Waals surface area (Å²) >= 11 is 0. The molecule has 8 nitrogen and oxygen atoms in total. The largest absolute Gasteiger partial charge is 0.380 e. The van der Waals surface area contributed by atoms with Crippen LogP contribution in [0.25, 0.3) is 10.9 Å². The standard InChI is InChI=1S/C24H27N5O3/c1-15-26-19-6-4-5-18(25-13-16-7-9-17(10-8-16)14-28(2)3)22(19)24(32)29(15)20-11-12-21(30)27-23(20)31/h4-10,20,25H,11-14H2,1-3H3,(H,27,30,31). The van der Waals surface area contributed by atoms with Crippen LogP contribution in [0.15, 0.2) is 47.3 Å². The van der Waals surface area contributed by atoms with Crippen molar-refractivity contribution in [2.75, 3.05) is 19.4 Å². The zero-order valence-electron chi connectivity index (χ0n) is 18.5. The number of aryl methyl sites for hydroxylation is 1. The first kappa shape index (κ1) is 21.7. The van der Waals surface area contributed by atoms with E-state index < -0.39 is 11.9 Å². The number of piperidine rings is 1. The molecule has 32 heavy (non-hydrogen) atoms. The van der Waals surface area contributed by atoms with Gasteiger partial charge in [0, 0.05) is 25.2 Å². The summed E-state index contributed by atoms with van der Waals surface area (Å²) in [5.41, 5.74) is 3.28. The van der Waals surface area contributed by atoms with Crippen molar-refractivity contribution in [3.8, 4) is 0 Å². The van der Waals surface area contributed by atoms with Crippen LogP contribution >= 0.6 is 0 Å². The van der Waals surface area contributed by atoms with Crippen LogP contribution in [-0.4, -0.2) is 40.4 Å². The van der Waals surface area contributed by atoms with Gasteiger partial charge in [-0.15, -0.1) is 0 Å². The highest BCUT2D eigenvalue weighted by Gasteiger charge is 2.30. The van der Waals surface area contributed by atoms with E-state index in [4.69, 9.17) is 0 Å². The Morgan fingerprint density at radius 3 is 2.50 bits per heavy atom. The Hall–Kier alpha value is -3.52. The highest BCUT2D eigenvalue weighted by Crippen LogP contribution is 2.24. The Labute approximate surface area is 186 Å². The average Bonchev–Trinajstić information content (AvgIpc) is 2.74. The van der Waals surface area contributed by atoms with Gasteiger partial charge in [0.25, 0.3) is 5.56 Å². The summed E-state index contributed by atoms with van der Waals surface area (Å²) in [5.74, 6) is -0.328. The van der Waals surface area contributed by atoms with Gasteiger partial charge in [0.1, 0.15) is 11.9 Å². The van der Waals surface area contributed by atoms with E-state index >= 15 is 0 Å². The number of hydrogen-bond acceptors (Lipinski definition) is 6. The SMILES string of the molecule is Cc1nc2cccc(NCc3ccc(CN(C)C)cc3)c2c(=O)n1C1CCC(=O)NC1=O. The van der Waals surface area contributed by atoms with Gasteiger partial charge >= 0.3 is 0 Å². The molecule has 1 aliphatic heterocycles. The van der Waals surface area contributed by atoms with Crippen molar-refractivity contribution < 1.29 is 9.59 Å². The number of benzene rings is 2. The zero-order valence-corrected chi connectivity index (χ0v) is 18.5. The van der Waals surface area contributed by atoms with E-state index in [2.05, 4.69) is 44.8 Å². The lowest BCUT2D eigenvalue weighted by Gasteiger charge is -2.24. The minimum atomic E-state index is -0.741. The van der Waals surface area contributed by atoms with Gasteiger partial charge in [-0.25, -0.2) is 4.98 Å². The van der Waals surface area contributed by atoms with Crippen LogP contribution in [-0.2, 0) is 22.7 Å². The van der Waals surface area contributed by atoms with Crippen LogP contribution in [0.5, 0.6) is 0 Å². The first-order valence-electron chi connectivity index (χ1n) is 10.7. The lowest BCUT2D eigenvalue weighted by Crippen LogP contribution is -2.45. The summed E-state index contributed by atoms with van der Waals surface area (Å²) in [7, 11) is 4.07. The van der Waals surface area contributed by atoms with Gasteiger partial charge in [-0.2, -0.15) is 0 Å². The maximum atomic E-state index is 13.5. The van der Waals surface area contributed by atoms with E-state index in [9.17, 15) is 14.4 Å². The first-order valence-corrected chi connectivity index (χ1v) is 10.7. The van der Waals surface area contributed by atoms with Crippen molar-refractivity contribution in [1.29, 1.82) is 0 Å². The summed E-state index contributed by atoms with van der Waals surface area (Å²) in [6, 6.07) is 13.1. The van der Waals surface area contributed by atoms with Crippen LogP contribution in [0.3, 0.4) is 0 Å². The van der Waals surface area contributed by atoms with Gasteiger partial charge in [-0.1, -0.05) is 30.3 Å². The molecule has 1 aliphatic rings. The second-order valence-corrected chi connectivity index (χ2v) is 8.41. The molecule has 1 aromatic heterocycles. The summed E-state index contributed by atoms with van der Waals surface area (Å²) in [6.45, 7) is 3.13. The number of rotatable bonds is 6. The first-order chi connectivity index (χ1) is 15.3. The van der Waals surface area contributed by atoms with E-state index in [1.165, 1.54) is 10.1 Å². The van der Waals surface area contributed by atoms with Crippen LogP contribution in [0, 0.1) is 6.92 Å². The topological polar surface area (TPSA) is 96.3 Å². The Morgan fingerprint density at radius 2 is 1.81 bits per heavy atom. The van der Waals surface area contributed by atoms with Gasteiger partial charge in [-0.05, 0) is 50.7 Å². The Bertz CT molecular complexity index is 1230. The molecule has 4 rings (SSSR count). The van der Waals surface area contributed by atoms with Gasteiger partial charge in [-0.3, -0.25) is 24.3 Å². The van der Waals surface area contributed by atoms with E-state index in [1.54, 1.807) is 13.0 Å². The number of nitrogens with zero attached hydrogens (tertiary/aromatic N) is 3. The van der Waals surface area contributed by atoms with E-state index in [0.717, 1.165) is 12.1 Å². The predicted molar refractivity (Wildman–Crippen MR) is 123 cm³/mol. The smallest absolute Gasteiger partial charge is 0.264 e. The molecule has 3 aromatic rings. The molecular weight excluding hydrogens is 406 g/mol. The number of nitrogens with one attached hydrogen (secondary N) is 2. The Kier molecular flexibility index (Phi) is 6.05. The van der Waals surface area contributed by atoms with Crippen molar-refractivity contribution in [3.05, 3.63) is 69.8 Å². The van der Waals surface area contributed by atoms with Gasteiger partial charge in [0.05, 0.1) is 10.9 Å². The summed E-state index contributed by atoms with van der Waals surface area (Å²) in [6.07, 6.45) is 0.484. The molecular formula is C24H27N5O3. The number of amides is 2. The minimum absolute atomic E-state index is 0.198. The van der Waals surface area contributed by atoms with E-state index in [0.29, 0.717) is 29.0 Å². The normalized spacial score (nSPS) is 16.4. The molecule has 2 amide bonds. The van der Waals surface area contributed by atoms with Crippen molar-refractivity contribution in [2.45, 2.75) is 38.9 Å². The van der Waals surface area contributed by atoms with Crippen molar-refractivity contribution in [3.63, 3.8) is 0 Å². The molecule has 0 radical (unpaired) electrons.